The molecular formula is C22H25N5. The Morgan fingerprint density at radius 1 is 0.963 bits per heavy atom. The summed E-state index contributed by atoms with van der Waals surface area (Å²) in [5.41, 5.74) is 5.97. The quantitative estimate of drug-likeness (QED) is 0.688. The van der Waals surface area contributed by atoms with Gasteiger partial charge in [0.1, 0.15) is 5.82 Å². The molecule has 138 valence electrons. The summed E-state index contributed by atoms with van der Waals surface area (Å²) in [5.74, 6) is 0.800. The van der Waals surface area contributed by atoms with Crippen molar-refractivity contribution < 1.29 is 0 Å². The molecule has 2 aromatic heterocycles. The third kappa shape index (κ3) is 4.70. The molecule has 2 heterocycles. The average Bonchev–Trinajstić information content (AvgIpc) is 2.76. The number of H-pyrrole nitrogens is 1. The van der Waals surface area contributed by atoms with E-state index < -0.39 is 0 Å². The van der Waals surface area contributed by atoms with Crippen LogP contribution in [0.2, 0.25) is 0 Å². The fourth-order valence-corrected chi connectivity index (χ4v) is 2.95. The molecule has 5 nitrogen and oxygen atoms in total. The van der Waals surface area contributed by atoms with Crippen LogP contribution in [0.25, 0.3) is 11.1 Å². The van der Waals surface area contributed by atoms with Crippen molar-refractivity contribution in [3.8, 4) is 11.1 Å². The lowest BCUT2D eigenvalue weighted by Gasteiger charge is -2.11. The topological polar surface area (TPSA) is 66.5 Å². The summed E-state index contributed by atoms with van der Waals surface area (Å²) >= 11 is 0. The molecule has 0 spiro atoms. The second-order valence-electron chi connectivity index (χ2n) is 6.31. The summed E-state index contributed by atoms with van der Waals surface area (Å²) < 4.78 is 0. The lowest BCUT2D eigenvalue weighted by Crippen LogP contribution is -2.05. The molecule has 1 aromatic carbocycles. The molecule has 27 heavy (non-hydrogen) atoms. The van der Waals surface area contributed by atoms with Gasteiger partial charge in [-0.2, -0.15) is 5.10 Å². The monoisotopic (exact) mass is 359 g/mol. The lowest BCUT2D eigenvalue weighted by atomic mass is 10.1. The number of nitrogens with one attached hydrogen (secondary N) is 2. The van der Waals surface area contributed by atoms with Crippen molar-refractivity contribution >= 4 is 5.82 Å². The highest BCUT2D eigenvalue weighted by molar-refractivity contribution is 5.76. The summed E-state index contributed by atoms with van der Waals surface area (Å²) in [4.78, 5) is 9.34. The second kappa shape index (κ2) is 8.94. The summed E-state index contributed by atoms with van der Waals surface area (Å²) in [6, 6.07) is 16.1. The zero-order valence-electron chi connectivity index (χ0n) is 16.0. The average molecular weight is 359 g/mol. The van der Waals surface area contributed by atoms with Crippen LogP contribution in [-0.4, -0.2) is 20.2 Å². The molecule has 0 atom stereocenters. The Hall–Kier alpha value is -3.21. The zero-order valence-corrected chi connectivity index (χ0v) is 16.0. The molecule has 2 N–H and O–H groups in total. The van der Waals surface area contributed by atoms with Gasteiger partial charge in [0.05, 0.1) is 17.9 Å². The van der Waals surface area contributed by atoms with Gasteiger partial charge < -0.3 is 5.32 Å². The fourth-order valence-electron chi connectivity index (χ4n) is 2.95. The van der Waals surface area contributed by atoms with Crippen LogP contribution in [0.15, 0.2) is 60.9 Å². The first-order valence-corrected chi connectivity index (χ1v) is 9.17. The number of nitrogens with zero attached hydrogens (tertiary/aromatic N) is 3. The van der Waals surface area contributed by atoms with Crippen molar-refractivity contribution in [3.05, 3.63) is 83.6 Å². The number of anilines is 1. The Morgan fingerprint density at radius 3 is 2.44 bits per heavy atom. The third-order valence-electron chi connectivity index (χ3n) is 4.42. The van der Waals surface area contributed by atoms with Crippen molar-refractivity contribution in [2.45, 2.75) is 33.7 Å². The number of aromatic amines is 1. The van der Waals surface area contributed by atoms with Crippen molar-refractivity contribution in [2.24, 2.45) is 0 Å². The second-order valence-corrected chi connectivity index (χ2v) is 6.31. The normalized spacial score (nSPS) is 10.3. The Morgan fingerprint density at radius 2 is 1.74 bits per heavy atom. The molecule has 3 aromatic rings. The first kappa shape index (κ1) is 18.6. The molecule has 3 rings (SSSR count). The Bertz CT molecular complexity index is 932. The number of benzene rings is 1. The van der Waals surface area contributed by atoms with Crippen molar-refractivity contribution in [2.75, 3.05) is 5.32 Å². The number of pyridine rings is 1. The van der Waals surface area contributed by atoms with E-state index in [0.29, 0.717) is 6.54 Å². The number of aromatic nitrogens is 4. The molecule has 0 saturated carbocycles. The largest absolute Gasteiger partial charge is 0.364 e. The molecule has 0 fully saturated rings. The van der Waals surface area contributed by atoms with E-state index in [1.807, 2.05) is 56.4 Å². The number of rotatable bonds is 5. The lowest BCUT2D eigenvalue weighted by molar-refractivity contribution is 0.972. The van der Waals surface area contributed by atoms with Gasteiger partial charge in [-0.3, -0.25) is 10.1 Å². The Balaban J connectivity index is 2.18. The molecule has 0 radical (unpaired) electrons. The standard InChI is InChI=1S/C22H25N5/c1-4-18-14-25-27-17(3)21(19-10-6-5-7-11-19)22(26-16(18)2)24-15-20-12-8-9-13-23-20/h5-14,24-25H,4,15H2,1-3H3. The minimum atomic E-state index is 0.592. The van der Waals surface area contributed by atoms with Crippen LogP contribution in [0.1, 0.15) is 29.6 Å². The molecule has 0 amide bonds. The van der Waals surface area contributed by atoms with E-state index >= 15 is 0 Å². The van der Waals surface area contributed by atoms with E-state index in [-0.39, 0.29) is 0 Å². The van der Waals surface area contributed by atoms with Crippen molar-refractivity contribution in [1.82, 2.24) is 20.2 Å². The first-order valence-electron chi connectivity index (χ1n) is 9.17. The SMILES string of the molecule is CCc1c[nH]nc(C)c(-c2ccccc2)c(NCc2ccccn2)nc1C. The van der Waals surface area contributed by atoms with Gasteiger partial charge in [0, 0.05) is 23.7 Å². The predicted molar refractivity (Wildman–Crippen MR) is 110 cm³/mol. The van der Waals surface area contributed by atoms with Crippen LogP contribution in [0.4, 0.5) is 5.82 Å². The number of hydrogen-bond donors (Lipinski definition) is 2. The van der Waals surface area contributed by atoms with Crippen LogP contribution in [0, 0.1) is 13.8 Å². The van der Waals surface area contributed by atoms with Gasteiger partial charge in [-0.15, -0.1) is 0 Å². The van der Waals surface area contributed by atoms with Crippen molar-refractivity contribution in [3.63, 3.8) is 0 Å². The number of aryl methyl sites for hydroxylation is 3. The van der Waals surface area contributed by atoms with E-state index in [1.165, 1.54) is 0 Å². The van der Waals surface area contributed by atoms with Gasteiger partial charge in [-0.25, -0.2) is 4.98 Å². The smallest absolute Gasteiger partial charge is 0.136 e. The highest BCUT2D eigenvalue weighted by atomic mass is 15.1. The minimum Gasteiger partial charge on any atom is -0.364 e. The Labute approximate surface area is 160 Å². The summed E-state index contributed by atoms with van der Waals surface area (Å²) in [7, 11) is 0. The van der Waals surface area contributed by atoms with E-state index in [1.54, 1.807) is 6.20 Å². The van der Waals surface area contributed by atoms with Crippen LogP contribution < -0.4 is 5.32 Å². The fraction of sp³-hybridized carbons (Fsp3) is 0.227. The summed E-state index contributed by atoms with van der Waals surface area (Å²) in [6.07, 6.45) is 4.60. The van der Waals surface area contributed by atoms with E-state index in [4.69, 9.17) is 4.98 Å². The van der Waals surface area contributed by atoms with Gasteiger partial charge in [-0.1, -0.05) is 43.3 Å². The summed E-state index contributed by atoms with van der Waals surface area (Å²) in [6.45, 7) is 6.73. The van der Waals surface area contributed by atoms with E-state index in [9.17, 15) is 0 Å². The zero-order chi connectivity index (χ0) is 19.1. The third-order valence-corrected chi connectivity index (χ3v) is 4.42. The first-order chi connectivity index (χ1) is 13.2. The minimum absolute atomic E-state index is 0.592. The number of hydrogen-bond acceptors (Lipinski definition) is 4. The Kier molecular flexibility index (Phi) is 6.15. The molecule has 0 aliphatic carbocycles. The van der Waals surface area contributed by atoms with E-state index in [0.717, 1.165) is 46.0 Å². The molecule has 0 aliphatic heterocycles. The maximum Gasteiger partial charge on any atom is 0.136 e. The maximum atomic E-state index is 4.94. The molecule has 5 heteroatoms. The molecule has 0 saturated heterocycles. The molecule has 0 aliphatic rings. The molecular weight excluding hydrogens is 334 g/mol. The van der Waals surface area contributed by atoms with Gasteiger partial charge in [0.15, 0.2) is 0 Å². The van der Waals surface area contributed by atoms with Crippen LogP contribution in [0.3, 0.4) is 0 Å². The van der Waals surface area contributed by atoms with Crippen molar-refractivity contribution in [1.29, 1.82) is 0 Å². The van der Waals surface area contributed by atoms with Gasteiger partial charge in [0.2, 0.25) is 0 Å². The highest BCUT2D eigenvalue weighted by Crippen LogP contribution is 2.28. The van der Waals surface area contributed by atoms with Gasteiger partial charge >= 0.3 is 0 Å². The van der Waals surface area contributed by atoms with Crippen LogP contribution >= 0.6 is 0 Å². The highest BCUT2D eigenvalue weighted by Gasteiger charge is 2.10. The predicted octanol–water partition coefficient (Wildman–Crippen LogP) is 4.78. The van der Waals surface area contributed by atoms with E-state index in [2.05, 4.69) is 39.6 Å². The van der Waals surface area contributed by atoms with Crippen LogP contribution in [0.5, 0.6) is 0 Å². The molecule has 0 bridgehead atoms. The van der Waals surface area contributed by atoms with Gasteiger partial charge in [-0.05, 0) is 43.5 Å². The van der Waals surface area contributed by atoms with Crippen LogP contribution in [-0.2, 0) is 13.0 Å². The molecule has 0 unspecified atom stereocenters. The van der Waals surface area contributed by atoms with Gasteiger partial charge in [0.25, 0.3) is 0 Å². The summed E-state index contributed by atoms with van der Waals surface area (Å²) in [5, 5.41) is 11.1. The maximum absolute atomic E-state index is 4.94.